The van der Waals surface area contributed by atoms with Crippen molar-refractivity contribution in [2.24, 2.45) is 5.14 Å². The Hall–Kier alpha value is -0.520. The molecule has 1 rings (SSSR count). The van der Waals surface area contributed by atoms with Crippen LogP contribution in [0.15, 0.2) is 28.0 Å². The minimum atomic E-state index is -3.41. The lowest BCUT2D eigenvalue weighted by molar-refractivity contribution is 0.394. The Morgan fingerprint density at radius 3 is 2.24 bits per heavy atom. The van der Waals surface area contributed by atoms with Crippen LogP contribution in [0.5, 0.6) is 5.75 Å². The maximum Gasteiger partial charge on any atom is 0.145 e. The molecule has 0 fully saturated rings. The number of hydrogen-bond donors (Lipinski definition) is 6. The fourth-order valence-electron chi connectivity index (χ4n) is 1.19. The Labute approximate surface area is 103 Å². The summed E-state index contributed by atoms with van der Waals surface area (Å²) in [5.74, 6) is 0.0835. The van der Waals surface area contributed by atoms with E-state index in [1.165, 1.54) is 32.4 Å². The van der Waals surface area contributed by atoms with Gasteiger partial charge < -0.3 is 4.74 Å². The maximum absolute atomic E-state index is 9.63. The summed E-state index contributed by atoms with van der Waals surface area (Å²) < 4.78 is 45.3. The van der Waals surface area contributed by atoms with Crippen LogP contribution < -0.4 is 14.6 Å². The zero-order chi connectivity index (χ0) is 13.3. The number of hydrogen-bond acceptors (Lipinski definition) is 7. The van der Waals surface area contributed by atoms with Crippen molar-refractivity contribution in [2.75, 3.05) is 14.2 Å². The van der Waals surface area contributed by atoms with Gasteiger partial charge in [-0.1, -0.05) is 0 Å². The van der Waals surface area contributed by atoms with Gasteiger partial charge in [-0.15, -0.1) is 21.6 Å². The second-order valence-electron chi connectivity index (χ2n) is 3.16. The average Bonchev–Trinajstić information content (AvgIpc) is 2.27. The van der Waals surface area contributed by atoms with Crippen LogP contribution in [-0.4, -0.2) is 32.4 Å². The summed E-state index contributed by atoms with van der Waals surface area (Å²) in [6.07, 6.45) is 0. The van der Waals surface area contributed by atoms with Gasteiger partial charge in [0.1, 0.15) is 10.6 Å². The molecular formula is C8H16N2O5S2. The van der Waals surface area contributed by atoms with E-state index in [2.05, 4.69) is 4.72 Å². The van der Waals surface area contributed by atoms with Gasteiger partial charge in [0.05, 0.1) is 12.0 Å². The molecule has 7 N–H and O–H groups in total. The molecule has 0 aliphatic carbocycles. The largest absolute Gasteiger partial charge is 0.495 e. The van der Waals surface area contributed by atoms with Crippen LogP contribution in [0.4, 0.5) is 0 Å². The van der Waals surface area contributed by atoms with Gasteiger partial charge in [0.15, 0.2) is 0 Å². The molecule has 0 aromatic heterocycles. The van der Waals surface area contributed by atoms with Crippen molar-refractivity contribution in [3.05, 3.63) is 18.2 Å². The normalized spacial score (nSPS) is 14.5. The van der Waals surface area contributed by atoms with Crippen molar-refractivity contribution in [3.63, 3.8) is 0 Å². The first kappa shape index (κ1) is 14.5. The molecule has 100 valence electrons. The number of benzene rings is 1. The number of ether oxygens (including phenoxy) is 1. The van der Waals surface area contributed by atoms with Gasteiger partial charge in [0, 0.05) is 13.1 Å². The standard InChI is InChI=1S/C8H16N2O5S2/c1-10-17(13,14)6-3-4-8(16(9,11)12)7(5-6)15-2/h3-5,10-14H,9H2,1-2H3. The number of rotatable bonds is 4. The van der Waals surface area contributed by atoms with Crippen molar-refractivity contribution in [3.8, 4) is 5.75 Å². The smallest absolute Gasteiger partial charge is 0.145 e. The van der Waals surface area contributed by atoms with E-state index < -0.39 is 21.6 Å². The van der Waals surface area contributed by atoms with Gasteiger partial charge in [0.25, 0.3) is 0 Å². The van der Waals surface area contributed by atoms with E-state index in [1.54, 1.807) is 0 Å². The molecule has 0 aliphatic rings. The lowest BCUT2D eigenvalue weighted by Crippen LogP contribution is -2.15. The van der Waals surface area contributed by atoms with Gasteiger partial charge in [-0.3, -0.25) is 18.2 Å². The molecule has 0 heterocycles. The van der Waals surface area contributed by atoms with Crippen LogP contribution in [0.25, 0.3) is 0 Å². The fourth-order valence-corrected chi connectivity index (χ4v) is 2.66. The second-order valence-corrected chi connectivity index (χ2v) is 6.76. The molecule has 1 aromatic rings. The molecule has 1 aromatic carbocycles. The molecule has 0 saturated carbocycles. The minimum Gasteiger partial charge on any atom is -0.495 e. The molecule has 0 radical (unpaired) electrons. The molecule has 9 heteroatoms. The van der Waals surface area contributed by atoms with Crippen LogP contribution in [0, 0.1) is 0 Å². The lowest BCUT2D eigenvalue weighted by atomic mass is 10.3. The Morgan fingerprint density at radius 2 is 1.82 bits per heavy atom. The summed E-state index contributed by atoms with van der Waals surface area (Å²) in [5.41, 5.74) is 0. The average molecular weight is 284 g/mol. The third-order valence-corrected chi connectivity index (χ3v) is 4.54. The van der Waals surface area contributed by atoms with Crippen molar-refractivity contribution in [1.82, 2.24) is 4.72 Å². The highest BCUT2D eigenvalue weighted by Crippen LogP contribution is 2.50. The van der Waals surface area contributed by atoms with Crippen molar-refractivity contribution in [1.29, 1.82) is 0 Å². The molecule has 0 bridgehead atoms. The molecule has 0 unspecified atom stereocenters. The zero-order valence-corrected chi connectivity index (χ0v) is 11.0. The summed E-state index contributed by atoms with van der Waals surface area (Å²) in [7, 11) is -3.82. The summed E-state index contributed by atoms with van der Waals surface area (Å²) in [4.78, 5) is 0.180. The second kappa shape index (κ2) is 5.00. The van der Waals surface area contributed by atoms with Gasteiger partial charge >= 0.3 is 0 Å². The van der Waals surface area contributed by atoms with Gasteiger partial charge in [0.2, 0.25) is 0 Å². The minimum absolute atomic E-state index is 0.00931. The third kappa shape index (κ3) is 3.24. The highest BCUT2D eigenvalue weighted by Gasteiger charge is 2.20. The summed E-state index contributed by atoms with van der Waals surface area (Å²) in [6.45, 7) is 0. The topological polar surface area (TPSA) is 128 Å². The number of nitrogens with one attached hydrogen (secondary N) is 1. The Kier molecular flexibility index (Phi) is 4.28. The van der Waals surface area contributed by atoms with E-state index in [9.17, 15) is 18.2 Å². The van der Waals surface area contributed by atoms with Crippen LogP contribution in [0.3, 0.4) is 0 Å². The SMILES string of the molecule is CNS(O)(O)c1ccc(S(N)(O)O)c(OC)c1. The molecule has 0 atom stereocenters. The van der Waals surface area contributed by atoms with Gasteiger partial charge in [-0.2, -0.15) is 0 Å². The van der Waals surface area contributed by atoms with Gasteiger partial charge in [-0.25, -0.2) is 9.86 Å². The van der Waals surface area contributed by atoms with Crippen LogP contribution in [0.2, 0.25) is 0 Å². The molecule has 0 aliphatic heterocycles. The Bertz CT molecular complexity index is 407. The molecule has 0 amide bonds. The molecule has 7 nitrogen and oxygen atoms in total. The van der Waals surface area contributed by atoms with Gasteiger partial charge in [-0.05, 0) is 12.1 Å². The van der Waals surface area contributed by atoms with Crippen molar-refractivity contribution >= 4 is 21.6 Å². The fraction of sp³-hybridized carbons (Fsp3) is 0.250. The maximum atomic E-state index is 9.63. The van der Waals surface area contributed by atoms with E-state index in [0.717, 1.165) is 0 Å². The van der Waals surface area contributed by atoms with E-state index in [0.29, 0.717) is 0 Å². The van der Waals surface area contributed by atoms with E-state index >= 15 is 0 Å². The first-order valence-corrected chi connectivity index (χ1v) is 7.59. The quantitative estimate of drug-likeness (QED) is 0.498. The van der Waals surface area contributed by atoms with Crippen LogP contribution in [-0.2, 0) is 0 Å². The van der Waals surface area contributed by atoms with Crippen molar-refractivity contribution in [2.45, 2.75) is 9.79 Å². The van der Waals surface area contributed by atoms with Crippen LogP contribution in [0.1, 0.15) is 0 Å². The monoisotopic (exact) mass is 284 g/mol. The first-order valence-electron chi connectivity index (χ1n) is 4.43. The molecular weight excluding hydrogens is 268 g/mol. The summed E-state index contributed by atoms with van der Waals surface area (Å²) in [5, 5.41) is 5.21. The highest BCUT2D eigenvalue weighted by atomic mass is 32.3. The van der Waals surface area contributed by atoms with Crippen LogP contribution >= 0.6 is 21.6 Å². The van der Waals surface area contributed by atoms with E-state index in [1.807, 2.05) is 0 Å². The number of nitrogens with two attached hydrogens (primary N) is 1. The summed E-state index contributed by atoms with van der Waals surface area (Å²) >= 11 is 0. The molecule has 0 saturated heterocycles. The Morgan fingerprint density at radius 1 is 1.24 bits per heavy atom. The number of methoxy groups -OCH3 is 1. The van der Waals surface area contributed by atoms with Crippen molar-refractivity contribution < 1.29 is 22.9 Å². The highest BCUT2D eigenvalue weighted by molar-refractivity contribution is 8.23. The Balaban J connectivity index is 3.27. The lowest BCUT2D eigenvalue weighted by Gasteiger charge is -2.33. The predicted molar refractivity (Wildman–Crippen MR) is 68.5 cm³/mol. The molecule has 17 heavy (non-hydrogen) atoms. The predicted octanol–water partition coefficient (Wildman–Crippen LogP) is 1.92. The molecule has 0 spiro atoms. The zero-order valence-electron chi connectivity index (χ0n) is 9.32. The van der Waals surface area contributed by atoms with E-state index in [4.69, 9.17) is 9.88 Å². The first-order chi connectivity index (χ1) is 7.72. The van der Waals surface area contributed by atoms with E-state index in [-0.39, 0.29) is 15.5 Å². The summed E-state index contributed by atoms with van der Waals surface area (Å²) in [6, 6.07) is 3.92. The third-order valence-electron chi connectivity index (χ3n) is 2.07.